The number of nitrogens with one attached hydrogen (secondary N) is 1. The van der Waals surface area contributed by atoms with Crippen LogP contribution in [0.3, 0.4) is 0 Å². The van der Waals surface area contributed by atoms with E-state index in [-0.39, 0.29) is 5.75 Å². The Morgan fingerprint density at radius 1 is 0.758 bits per heavy atom. The third-order valence-corrected chi connectivity index (χ3v) is 6.19. The number of halogens is 2. The fraction of sp³-hybridized carbons (Fsp3) is 0.167. The fourth-order valence-corrected chi connectivity index (χ4v) is 4.06. The highest BCUT2D eigenvalue weighted by Crippen LogP contribution is 2.40. The Balaban J connectivity index is 1.89. The summed E-state index contributed by atoms with van der Waals surface area (Å²) in [7, 11) is 6.19. The van der Waals surface area contributed by atoms with Gasteiger partial charge in [0, 0.05) is 4.90 Å². The molecule has 0 unspecified atom stereocenters. The molecule has 3 rings (SSSR count). The summed E-state index contributed by atoms with van der Waals surface area (Å²) in [6.07, 6.45) is 3.78. The van der Waals surface area contributed by atoms with Crippen molar-refractivity contribution in [2.75, 3.05) is 33.2 Å². The maximum atomic E-state index is 10.6. The topological polar surface area (TPSA) is 69.2 Å². The molecule has 9 heteroatoms. The summed E-state index contributed by atoms with van der Waals surface area (Å²) in [6, 6.07) is 12.5. The molecule has 0 aliphatic heterocycles. The number of phenolic OH excluding ortho intramolecular Hbond substituents is 1. The fourth-order valence-electron chi connectivity index (χ4n) is 3.00. The van der Waals surface area contributed by atoms with Crippen LogP contribution in [0.25, 0.3) is 12.2 Å². The molecular weight excluding hydrogens is 485 g/mol. The van der Waals surface area contributed by atoms with Gasteiger partial charge in [0.1, 0.15) is 0 Å². The second-order valence-corrected chi connectivity index (χ2v) is 8.39. The van der Waals surface area contributed by atoms with Gasteiger partial charge in [-0.2, -0.15) is 0 Å². The van der Waals surface area contributed by atoms with Gasteiger partial charge in [-0.05, 0) is 65.5 Å². The van der Waals surface area contributed by atoms with Gasteiger partial charge in [-0.1, -0.05) is 35.4 Å². The first-order chi connectivity index (χ1) is 15.9. The van der Waals surface area contributed by atoms with E-state index < -0.39 is 0 Å². The zero-order chi connectivity index (χ0) is 24.0. The molecule has 0 bridgehead atoms. The Morgan fingerprint density at radius 2 is 1.33 bits per heavy atom. The molecule has 0 radical (unpaired) electrons. The van der Waals surface area contributed by atoms with Crippen LogP contribution in [0.5, 0.6) is 28.7 Å². The minimum atomic E-state index is -0.00463. The van der Waals surface area contributed by atoms with Crippen LogP contribution < -0.4 is 23.7 Å². The zero-order valence-corrected chi connectivity index (χ0v) is 20.8. The Hall–Kier alpha value is -2.87. The van der Waals surface area contributed by atoms with Crippen molar-refractivity contribution >= 4 is 53.0 Å². The molecule has 0 spiro atoms. The van der Waals surface area contributed by atoms with Gasteiger partial charge in [0.2, 0.25) is 5.75 Å². The van der Waals surface area contributed by atoms with Crippen molar-refractivity contribution in [3.8, 4) is 28.7 Å². The predicted molar refractivity (Wildman–Crippen MR) is 136 cm³/mol. The van der Waals surface area contributed by atoms with Gasteiger partial charge in [0.25, 0.3) is 0 Å². The molecule has 3 aromatic rings. The molecule has 0 heterocycles. The average Bonchev–Trinajstić information content (AvgIpc) is 2.83. The van der Waals surface area contributed by atoms with Gasteiger partial charge in [0.05, 0.1) is 44.2 Å². The van der Waals surface area contributed by atoms with Gasteiger partial charge >= 0.3 is 0 Å². The molecule has 174 valence electrons. The van der Waals surface area contributed by atoms with Crippen LogP contribution in [0.2, 0.25) is 10.0 Å². The van der Waals surface area contributed by atoms with Crippen LogP contribution in [-0.4, -0.2) is 33.5 Å². The molecule has 0 saturated carbocycles. The number of aromatic hydroxyl groups is 1. The molecular formula is C24H23Cl2NO5S. The zero-order valence-electron chi connectivity index (χ0n) is 18.4. The van der Waals surface area contributed by atoms with Crippen molar-refractivity contribution in [2.45, 2.75) is 4.90 Å². The Morgan fingerprint density at radius 3 is 1.88 bits per heavy atom. The number of rotatable bonds is 9. The maximum absolute atomic E-state index is 10.6. The van der Waals surface area contributed by atoms with Crippen molar-refractivity contribution in [3.05, 3.63) is 63.6 Å². The number of hydrogen-bond donors (Lipinski definition) is 2. The third kappa shape index (κ3) is 5.93. The third-order valence-electron chi connectivity index (χ3n) is 4.64. The van der Waals surface area contributed by atoms with Gasteiger partial charge in [-0.3, -0.25) is 0 Å². The van der Waals surface area contributed by atoms with Crippen molar-refractivity contribution in [2.24, 2.45) is 0 Å². The van der Waals surface area contributed by atoms with E-state index in [1.54, 1.807) is 45.6 Å². The molecule has 2 N–H and O–H groups in total. The first-order valence-electron chi connectivity index (χ1n) is 9.67. The van der Waals surface area contributed by atoms with Crippen molar-refractivity contribution in [1.29, 1.82) is 0 Å². The lowest BCUT2D eigenvalue weighted by molar-refractivity contribution is 0.324. The van der Waals surface area contributed by atoms with Crippen LogP contribution >= 0.6 is 35.1 Å². The molecule has 0 aliphatic rings. The Kier molecular flexibility index (Phi) is 8.49. The van der Waals surface area contributed by atoms with Gasteiger partial charge in [-0.15, -0.1) is 0 Å². The molecule has 0 aromatic heterocycles. The van der Waals surface area contributed by atoms with E-state index in [2.05, 4.69) is 4.72 Å². The number of hydrogen-bond acceptors (Lipinski definition) is 7. The molecule has 3 aromatic carbocycles. The Bertz CT molecular complexity index is 1140. The van der Waals surface area contributed by atoms with E-state index in [1.807, 2.05) is 30.4 Å². The first kappa shape index (κ1) is 24.8. The smallest absolute Gasteiger partial charge is 0.203 e. The number of anilines is 1. The average molecular weight is 508 g/mol. The summed E-state index contributed by atoms with van der Waals surface area (Å²) in [5, 5.41) is 11.5. The monoisotopic (exact) mass is 507 g/mol. The lowest BCUT2D eigenvalue weighted by Crippen LogP contribution is -1.95. The molecule has 0 amide bonds. The highest BCUT2D eigenvalue weighted by Gasteiger charge is 2.13. The van der Waals surface area contributed by atoms with Crippen molar-refractivity contribution in [1.82, 2.24) is 0 Å². The number of benzene rings is 3. The number of ether oxygens (including phenoxy) is 4. The molecule has 0 saturated heterocycles. The number of phenols is 1. The summed E-state index contributed by atoms with van der Waals surface area (Å²) in [6.45, 7) is 0. The molecule has 0 atom stereocenters. The van der Waals surface area contributed by atoms with E-state index in [1.165, 1.54) is 19.1 Å². The van der Waals surface area contributed by atoms with Gasteiger partial charge < -0.3 is 28.8 Å². The van der Waals surface area contributed by atoms with Crippen LogP contribution in [-0.2, 0) is 0 Å². The van der Waals surface area contributed by atoms with E-state index in [4.69, 9.17) is 42.1 Å². The van der Waals surface area contributed by atoms with Crippen LogP contribution in [0.15, 0.2) is 47.4 Å². The van der Waals surface area contributed by atoms with Crippen LogP contribution in [0, 0.1) is 0 Å². The SMILES string of the molecule is COc1cc(/C=C\c2cc(OC)c(OC)c(OC)c2)cc(NSc2ccc(Cl)c(Cl)c2)c1O. The van der Waals surface area contributed by atoms with Gasteiger partial charge in [-0.25, -0.2) is 0 Å². The molecule has 0 fully saturated rings. The van der Waals surface area contributed by atoms with Crippen LogP contribution in [0.4, 0.5) is 5.69 Å². The van der Waals surface area contributed by atoms with E-state index in [0.29, 0.717) is 38.7 Å². The normalized spacial score (nSPS) is 10.8. The Labute approximate surface area is 207 Å². The summed E-state index contributed by atoms with van der Waals surface area (Å²) in [5.41, 5.74) is 2.13. The minimum absolute atomic E-state index is 0.00463. The summed E-state index contributed by atoms with van der Waals surface area (Å²) < 4.78 is 24.7. The first-order valence-corrected chi connectivity index (χ1v) is 11.2. The molecule has 0 aliphatic carbocycles. The summed E-state index contributed by atoms with van der Waals surface area (Å²) in [4.78, 5) is 0.834. The maximum Gasteiger partial charge on any atom is 0.203 e. The van der Waals surface area contributed by atoms with Crippen LogP contribution in [0.1, 0.15) is 11.1 Å². The predicted octanol–water partition coefficient (Wildman–Crippen LogP) is 7.02. The van der Waals surface area contributed by atoms with E-state index >= 15 is 0 Å². The van der Waals surface area contributed by atoms with E-state index in [0.717, 1.165) is 16.0 Å². The quantitative estimate of drug-likeness (QED) is 0.183. The number of methoxy groups -OCH3 is 4. The van der Waals surface area contributed by atoms with Gasteiger partial charge in [0.15, 0.2) is 23.0 Å². The summed E-state index contributed by atoms with van der Waals surface area (Å²) in [5.74, 6) is 1.96. The highest BCUT2D eigenvalue weighted by molar-refractivity contribution is 8.00. The molecule has 33 heavy (non-hydrogen) atoms. The van der Waals surface area contributed by atoms with E-state index in [9.17, 15) is 5.11 Å². The highest BCUT2D eigenvalue weighted by atomic mass is 35.5. The largest absolute Gasteiger partial charge is 0.503 e. The second-order valence-electron chi connectivity index (χ2n) is 6.69. The summed E-state index contributed by atoms with van der Waals surface area (Å²) >= 11 is 13.3. The van der Waals surface area contributed by atoms with Crippen molar-refractivity contribution in [3.63, 3.8) is 0 Å². The second kappa shape index (κ2) is 11.3. The lowest BCUT2D eigenvalue weighted by Gasteiger charge is -2.13. The lowest BCUT2D eigenvalue weighted by atomic mass is 10.1. The standard InChI is InChI=1S/C24H23Cl2NO5S/c1-29-20-10-14(5-6-15-11-21(30-2)24(32-4)22(12-15)31-3)9-19(23(20)28)27-33-16-7-8-17(25)18(26)13-16/h5-13,27-28H,1-4H3/b6-5-. The van der Waals surface area contributed by atoms with Crippen molar-refractivity contribution < 1.29 is 24.1 Å². The molecule has 6 nitrogen and oxygen atoms in total. The minimum Gasteiger partial charge on any atom is -0.503 e.